The fraction of sp³-hybridized carbons (Fsp3) is 0.900. The molecule has 4 heteroatoms. The van der Waals surface area contributed by atoms with E-state index in [1.54, 1.807) is 4.90 Å². The molecule has 1 amide bonds. The zero-order valence-electron chi connectivity index (χ0n) is 8.94. The fourth-order valence-corrected chi connectivity index (χ4v) is 1.44. The minimum atomic E-state index is -0.429. The molecule has 1 saturated carbocycles. The lowest BCUT2D eigenvalue weighted by molar-refractivity contribution is -0.134. The molecule has 0 saturated heterocycles. The number of amides is 1. The number of rotatable bonds is 5. The van der Waals surface area contributed by atoms with Crippen LogP contribution in [0.15, 0.2) is 0 Å². The van der Waals surface area contributed by atoms with E-state index in [0.29, 0.717) is 12.6 Å². The Balaban J connectivity index is 2.53. The molecular formula is C10H20N2O2. The maximum absolute atomic E-state index is 11.8. The SMILES string of the molecule is CC(C)[C@@H](N)C(=O)N(CCO)C1CC1. The van der Waals surface area contributed by atoms with E-state index < -0.39 is 6.04 Å². The molecule has 4 nitrogen and oxygen atoms in total. The summed E-state index contributed by atoms with van der Waals surface area (Å²) >= 11 is 0. The van der Waals surface area contributed by atoms with Crippen molar-refractivity contribution < 1.29 is 9.90 Å². The van der Waals surface area contributed by atoms with E-state index in [-0.39, 0.29) is 18.4 Å². The second-order valence-electron chi connectivity index (χ2n) is 4.26. The highest BCUT2D eigenvalue weighted by atomic mass is 16.3. The number of hydrogen-bond acceptors (Lipinski definition) is 3. The number of carbonyl (C=O) groups is 1. The summed E-state index contributed by atoms with van der Waals surface area (Å²) in [6.45, 7) is 4.32. The van der Waals surface area contributed by atoms with Crippen LogP contribution in [0.2, 0.25) is 0 Å². The van der Waals surface area contributed by atoms with Crippen molar-refractivity contribution in [2.75, 3.05) is 13.2 Å². The monoisotopic (exact) mass is 200 g/mol. The molecule has 82 valence electrons. The van der Waals surface area contributed by atoms with Crippen molar-refractivity contribution in [2.24, 2.45) is 11.7 Å². The van der Waals surface area contributed by atoms with Crippen molar-refractivity contribution in [3.05, 3.63) is 0 Å². The average molecular weight is 200 g/mol. The zero-order chi connectivity index (χ0) is 10.7. The Morgan fingerprint density at radius 3 is 2.50 bits per heavy atom. The van der Waals surface area contributed by atoms with Gasteiger partial charge in [0, 0.05) is 12.6 Å². The molecule has 0 spiro atoms. The third-order valence-corrected chi connectivity index (χ3v) is 2.62. The number of aliphatic hydroxyl groups excluding tert-OH is 1. The lowest BCUT2D eigenvalue weighted by atomic mass is 10.0. The van der Waals surface area contributed by atoms with E-state index in [0.717, 1.165) is 12.8 Å². The molecule has 0 unspecified atom stereocenters. The van der Waals surface area contributed by atoms with Gasteiger partial charge in [-0.1, -0.05) is 13.8 Å². The van der Waals surface area contributed by atoms with Crippen molar-refractivity contribution in [2.45, 2.75) is 38.8 Å². The first-order valence-corrected chi connectivity index (χ1v) is 5.24. The van der Waals surface area contributed by atoms with Gasteiger partial charge < -0.3 is 15.7 Å². The fourth-order valence-electron chi connectivity index (χ4n) is 1.44. The predicted molar refractivity (Wildman–Crippen MR) is 54.6 cm³/mol. The van der Waals surface area contributed by atoms with E-state index in [1.807, 2.05) is 13.8 Å². The van der Waals surface area contributed by atoms with Gasteiger partial charge in [0.05, 0.1) is 12.6 Å². The first-order chi connectivity index (χ1) is 6.57. The molecule has 0 bridgehead atoms. The summed E-state index contributed by atoms with van der Waals surface area (Å²) in [4.78, 5) is 13.6. The van der Waals surface area contributed by atoms with Gasteiger partial charge in [0.2, 0.25) is 5.91 Å². The Labute approximate surface area is 85.1 Å². The quantitative estimate of drug-likeness (QED) is 0.654. The number of carbonyl (C=O) groups excluding carboxylic acids is 1. The molecule has 0 aromatic heterocycles. The Morgan fingerprint density at radius 2 is 2.14 bits per heavy atom. The minimum absolute atomic E-state index is 0.0171. The van der Waals surface area contributed by atoms with Crippen LogP contribution in [-0.2, 0) is 4.79 Å². The Bertz CT molecular complexity index is 202. The molecule has 0 heterocycles. The Morgan fingerprint density at radius 1 is 1.57 bits per heavy atom. The van der Waals surface area contributed by atoms with Crippen LogP contribution in [0.5, 0.6) is 0 Å². The van der Waals surface area contributed by atoms with Crippen LogP contribution in [0.1, 0.15) is 26.7 Å². The molecule has 0 aromatic carbocycles. The van der Waals surface area contributed by atoms with Crippen LogP contribution in [0.3, 0.4) is 0 Å². The first-order valence-electron chi connectivity index (χ1n) is 5.24. The molecule has 1 aliphatic rings. The van der Waals surface area contributed by atoms with Crippen LogP contribution in [0.4, 0.5) is 0 Å². The second kappa shape index (κ2) is 4.75. The van der Waals surface area contributed by atoms with E-state index in [4.69, 9.17) is 10.8 Å². The normalized spacial score (nSPS) is 18.4. The highest BCUT2D eigenvalue weighted by Crippen LogP contribution is 2.27. The third-order valence-electron chi connectivity index (χ3n) is 2.62. The number of nitrogens with zero attached hydrogens (tertiary/aromatic N) is 1. The van der Waals surface area contributed by atoms with Crippen LogP contribution in [-0.4, -0.2) is 41.1 Å². The van der Waals surface area contributed by atoms with Crippen molar-refractivity contribution >= 4 is 5.91 Å². The van der Waals surface area contributed by atoms with Crippen molar-refractivity contribution in [1.82, 2.24) is 4.90 Å². The van der Waals surface area contributed by atoms with Gasteiger partial charge in [0.15, 0.2) is 0 Å². The minimum Gasteiger partial charge on any atom is -0.395 e. The third kappa shape index (κ3) is 2.69. The molecular weight excluding hydrogens is 180 g/mol. The Hall–Kier alpha value is -0.610. The summed E-state index contributed by atoms with van der Waals surface area (Å²) in [5, 5.41) is 8.85. The van der Waals surface area contributed by atoms with Crippen LogP contribution < -0.4 is 5.73 Å². The van der Waals surface area contributed by atoms with Crippen LogP contribution in [0, 0.1) is 5.92 Å². The number of hydrogen-bond donors (Lipinski definition) is 2. The maximum Gasteiger partial charge on any atom is 0.240 e. The summed E-state index contributed by atoms with van der Waals surface area (Å²) in [5.41, 5.74) is 5.78. The lowest BCUT2D eigenvalue weighted by Gasteiger charge is -2.26. The van der Waals surface area contributed by atoms with Crippen molar-refractivity contribution in [1.29, 1.82) is 0 Å². The highest BCUT2D eigenvalue weighted by molar-refractivity contribution is 5.82. The summed E-state index contributed by atoms with van der Waals surface area (Å²) in [5.74, 6) is 0.138. The van der Waals surface area contributed by atoms with Crippen molar-refractivity contribution in [3.63, 3.8) is 0 Å². The number of nitrogens with two attached hydrogens (primary N) is 1. The number of aliphatic hydroxyl groups is 1. The van der Waals surface area contributed by atoms with Gasteiger partial charge in [0.25, 0.3) is 0 Å². The van der Waals surface area contributed by atoms with Gasteiger partial charge in [-0.05, 0) is 18.8 Å². The van der Waals surface area contributed by atoms with E-state index in [1.165, 1.54) is 0 Å². The smallest absolute Gasteiger partial charge is 0.240 e. The first kappa shape index (κ1) is 11.5. The molecule has 3 N–H and O–H groups in total. The maximum atomic E-state index is 11.8. The second-order valence-corrected chi connectivity index (χ2v) is 4.26. The topological polar surface area (TPSA) is 66.6 Å². The highest BCUT2D eigenvalue weighted by Gasteiger charge is 2.34. The zero-order valence-corrected chi connectivity index (χ0v) is 8.94. The van der Waals surface area contributed by atoms with Crippen molar-refractivity contribution in [3.8, 4) is 0 Å². The summed E-state index contributed by atoms with van der Waals surface area (Å²) in [7, 11) is 0. The van der Waals surface area contributed by atoms with Gasteiger partial charge in [-0.2, -0.15) is 0 Å². The molecule has 1 atom stereocenters. The molecule has 1 rings (SSSR count). The molecule has 0 aliphatic heterocycles. The van der Waals surface area contributed by atoms with Crippen LogP contribution in [0.25, 0.3) is 0 Å². The largest absolute Gasteiger partial charge is 0.395 e. The summed E-state index contributed by atoms with van der Waals surface area (Å²) < 4.78 is 0. The molecule has 1 fully saturated rings. The predicted octanol–water partition coefficient (Wildman–Crippen LogP) is -0.0470. The average Bonchev–Trinajstić information content (AvgIpc) is 2.95. The van der Waals surface area contributed by atoms with E-state index in [9.17, 15) is 4.79 Å². The van der Waals surface area contributed by atoms with Gasteiger partial charge in [-0.15, -0.1) is 0 Å². The molecule has 0 aromatic rings. The summed E-state index contributed by atoms with van der Waals surface area (Å²) in [6.07, 6.45) is 2.10. The van der Waals surface area contributed by atoms with E-state index >= 15 is 0 Å². The summed E-state index contributed by atoms with van der Waals surface area (Å²) in [6, 6.07) is -0.0957. The van der Waals surface area contributed by atoms with Gasteiger partial charge in [-0.3, -0.25) is 4.79 Å². The van der Waals surface area contributed by atoms with Gasteiger partial charge >= 0.3 is 0 Å². The molecule has 0 radical (unpaired) electrons. The van der Waals surface area contributed by atoms with Gasteiger partial charge in [0.1, 0.15) is 0 Å². The van der Waals surface area contributed by atoms with E-state index in [2.05, 4.69) is 0 Å². The molecule has 1 aliphatic carbocycles. The van der Waals surface area contributed by atoms with Gasteiger partial charge in [-0.25, -0.2) is 0 Å². The lowest BCUT2D eigenvalue weighted by Crippen LogP contribution is -2.48. The molecule has 14 heavy (non-hydrogen) atoms. The Kier molecular flexibility index (Phi) is 3.89. The standard InChI is InChI=1S/C10H20N2O2/c1-7(2)9(11)10(14)12(5-6-13)8-3-4-8/h7-9,13H,3-6,11H2,1-2H3/t9-/m1/s1. The van der Waals surface area contributed by atoms with Crippen LogP contribution >= 0.6 is 0 Å².